The zero-order valence-electron chi connectivity index (χ0n) is 15.4. The Morgan fingerprint density at radius 1 is 1.12 bits per heavy atom. The SMILES string of the molecule is COC(=O)[C@H]1CCC2=C3CC[C@@H]4C[C@H](O)CC[C@]4(C)[C@H]3CC[C@@]21C. The third-order valence-corrected chi connectivity index (χ3v) is 8.45. The van der Waals surface area contributed by atoms with Gasteiger partial charge in [0.1, 0.15) is 0 Å². The van der Waals surface area contributed by atoms with E-state index in [0.29, 0.717) is 17.3 Å². The number of hydrogen-bond acceptors (Lipinski definition) is 3. The van der Waals surface area contributed by atoms with Crippen LogP contribution >= 0.6 is 0 Å². The molecule has 0 saturated heterocycles. The minimum absolute atomic E-state index is 0.00719. The summed E-state index contributed by atoms with van der Waals surface area (Å²) in [5.41, 5.74) is 3.71. The summed E-state index contributed by atoms with van der Waals surface area (Å²) in [6, 6.07) is 0. The van der Waals surface area contributed by atoms with Gasteiger partial charge in [-0.25, -0.2) is 0 Å². The van der Waals surface area contributed by atoms with Crippen LogP contribution in [-0.4, -0.2) is 24.3 Å². The van der Waals surface area contributed by atoms with Gasteiger partial charge < -0.3 is 9.84 Å². The summed E-state index contributed by atoms with van der Waals surface area (Å²) in [5.74, 6) is 1.41. The summed E-state index contributed by atoms with van der Waals surface area (Å²) in [7, 11) is 1.53. The van der Waals surface area contributed by atoms with Gasteiger partial charge in [-0.05, 0) is 75.0 Å². The molecular formula is C21H32O3. The number of aliphatic hydroxyl groups is 1. The molecule has 0 aliphatic heterocycles. The van der Waals surface area contributed by atoms with Gasteiger partial charge in [0, 0.05) is 5.41 Å². The van der Waals surface area contributed by atoms with Crippen LogP contribution in [0.25, 0.3) is 0 Å². The molecule has 4 rings (SSSR count). The van der Waals surface area contributed by atoms with E-state index in [1.807, 2.05) is 0 Å². The summed E-state index contributed by atoms with van der Waals surface area (Å²) in [5, 5.41) is 10.1. The van der Waals surface area contributed by atoms with E-state index in [1.54, 1.807) is 11.1 Å². The van der Waals surface area contributed by atoms with E-state index in [2.05, 4.69) is 13.8 Å². The van der Waals surface area contributed by atoms with Gasteiger partial charge in [-0.15, -0.1) is 0 Å². The number of fused-ring (bicyclic) bond motifs is 4. The Kier molecular flexibility index (Phi) is 3.87. The summed E-state index contributed by atoms with van der Waals surface area (Å²) < 4.78 is 5.11. The van der Waals surface area contributed by atoms with Crippen LogP contribution in [0.5, 0.6) is 0 Å². The van der Waals surface area contributed by atoms with Gasteiger partial charge in [0.25, 0.3) is 0 Å². The first-order chi connectivity index (χ1) is 11.4. The van der Waals surface area contributed by atoms with Crippen molar-refractivity contribution in [1.82, 2.24) is 0 Å². The third-order valence-electron chi connectivity index (χ3n) is 8.45. The predicted octanol–water partition coefficient (Wildman–Crippen LogP) is 4.24. The lowest BCUT2D eigenvalue weighted by Gasteiger charge is -2.56. The van der Waals surface area contributed by atoms with Crippen LogP contribution in [0.3, 0.4) is 0 Å². The molecule has 3 heteroatoms. The number of esters is 1. The van der Waals surface area contributed by atoms with Crippen LogP contribution in [0, 0.1) is 28.6 Å². The number of carbonyl (C=O) groups excluding carboxylic acids is 1. The number of methoxy groups -OCH3 is 1. The normalized spacial score (nSPS) is 47.7. The van der Waals surface area contributed by atoms with Crippen LogP contribution in [-0.2, 0) is 9.53 Å². The molecule has 134 valence electrons. The first-order valence-corrected chi connectivity index (χ1v) is 9.88. The van der Waals surface area contributed by atoms with Gasteiger partial charge in [0.05, 0.1) is 19.1 Å². The number of hydrogen-bond donors (Lipinski definition) is 1. The van der Waals surface area contributed by atoms with E-state index in [4.69, 9.17) is 4.74 Å². The van der Waals surface area contributed by atoms with Crippen LogP contribution < -0.4 is 0 Å². The molecule has 4 aliphatic carbocycles. The first kappa shape index (κ1) is 16.6. The van der Waals surface area contributed by atoms with Crippen molar-refractivity contribution in [2.75, 3.05) is 7.11 Å². The second-order valence-electron chi connectivity index (χ2n) is 9.30. The quantitative estimate of drug-likeness (QED) is 0.577. The highest BCUT2D eigenvalue weighted by Crippen LogP contribution is 2.64. The van der Waals surface area contributed by atoms with E-state index in [9.17, 15) is 9.90 Å². The number of aliphatic hydroxyl groups excluding tert-OH is 1. The zero-order valence-corrected chi connectivity index (χ0v) is 15.4. The first-order valence-electron chi connectivity index (χ1n) is 9.88. The maximum Gasteiger partial charge on any atom is 0.309 e. The fourth-order valence-corrected chi connectivity index (χ4v) is 6.99. The van der Waals surface area contributed by atoms with E-state index in [0.717, 1.165) is 38.5 Å². The highest BCUT2D eigenvalue weighted by atomic mass is 16.5. The molecule has 3 nitrogen and oxygen atoms in total. The molecule has 0 bridgehead atoms. The van der Waals surface area contributed by atoms with E-state index < -0.39 is 0 Å². The van der Waals surface area contributed by atoms with Crippen LogP contribution in [0.1, 0.15) is 71.6 Å². The Morgan fingerprint density at radius 2 is 1.92 bits per heavy atom. The average molecular weight is 332 g/mol. The fraction of sp³-hybridized carbons (Fsp3) is 0.857. The number of ether oxygens (including phenoxy) is 1. The molecule has 3 fully saturated rings. The molecule has 6 atom stereocenters. The molecule has 0 aromatic carbocycles. The molecule has 1 N–H and O–H groups in total. The average Bonchev–Trinajstić information content (AvgIpc) is 2.92. The zero-order chi connectivity index (χ0) is 17.1. The number of carbonyl (C=O) groups is 1. The maximum atomic E-state index is 12.3. The summed E-state index contributed by atoms with van der Waals surface area (Å²) in [6.07, 6.45) is 9.86. The van der Waals surface area contributed by atoms with E-state index in [1.165, 1.54) is 26.4 Å². The maximum absolute atomic E-state index is 12.3. The Morgan fingerprint density at radius 3 is 2.67 bits per heavy atom. The molecule has 0 aromatic heterocycles. The third kappa shape index (κ3) is 2.16. The Labute approximate surface area is 145 Å². The molecule has 4 aliphatic rings. The summed E-state index contributed by atoms with van der Waals surface area (Å²) in [6.45, 7) is 4.81. The van der Waals surface area contributed by atoms with Crippen molar-refractivity contribution in [2.45, 2.75) is 77.7 Å². The van der Waals surface area contributed by atoms with Crippen LogP contribution in [0.15, 0.2) is 11.1 Å². The largest absolute Gasteiger partial charge is 0.469 e. The molecule has 0 amide bonds. The molecule has 3 saturated carbocycles. The Bertz CT molecular complexity index is 580. The Balaban J connectivity index is 1.70. The van der Waals surface area contributed by atoms with Crippen molar-refractivity contribution in [3.63, 3.8) is 0 Å². The van der Waals surface area contributed by atoms with Gasteiger partial charge in [-0.1, -0.05) is 25.0 Å². The van der Waals surface area contributed by atoms with Gasteiger partial charge in [-0.3, -0.25) is 4.79 Å². The monoisotopic (exact) mass is 332 g/mol. The van der Waals surface area contributed by atoms with Gasteiger partial charge in [0.2, 0.25) is 0 Å². The second kappa shape index (κ2) is 5.59. The Hall–Kier alpha value is -0.830. The van der Waals surface area contributed by atoms with E-state index >= 15 is 0 Å². The van der Waals surface area contributed by atoms with Crippen molar-refractivity contribution in [3.8, 4) is 0 Å². The summed E-state index contributed by atoms with van der Waals surface area (Å²) in [4.78, 5) is 12.3. The smallest absolute Gasteiger partial charge is 0.309 e. The molecule has 24 heavy (non-hydrogen) atoms. The number of allylic oxidation sites excluding steroid dienone is 2. The summed E-state index contributed by atoms with van der Waals surface area (Å²) >= 11 is 0. The van der Waals surface area contributed by atoms with Crippen molar-refractivity contribution in [1.29, 1.82) is 0 Å². The lowest BCUT2D eigenvalue weighted by atomic mass is 9.49. The van der Waals surface area contributed by atoms with E-state index in [-0.39, 0.29) is 23.4 Å². The van der Waals surface area contributed by atoms with Crippen LogP contribution in [0.2, 0.25) is 0 Å². The lowest BCUT2D eigenvalue weighted by Crippen LogP contribution is -2.48. The van der Waals surface area contributed by atoms with Crippen LogP contribution in [0.4, 0.5) is 0 Å². The predicted molar refractivity (Wildman–Crippen MR) is 93.3 cm³/mol. The second-order valence-corrected chi connectivity index (χ2v) is 9.30. The highest BCUT2D eigenvalue weighted by Gasteiger charge is 2.56. The van der Waals surface area contributed by atoms with Crippen molar-refractivity contribution in [2.24, 2.45) is 28.6 Å². The van der Waals surface area contributed by atoms with Crippen molar-refractivity contribution >= 4 is 5.97 Å². The molecule has 0 radical (unpaired) electrons. The number of rotatable bonds is 1. The van der Waals surface area contributed by atoms with Crippen molar-refractivity contribution < 1.29 is 14.6 Å². The minimum Gasteiger partial charge on any atom is -0.469 e. The minimum atomic E-state index is -0.0821. The molecule has 0 spiro atoms. The lowest BCUT2D eigenvalue weighted by molar-refractivity contribution is -0.148. The fourth-order valence-electron chi connectivity index (χ4n) is 6.99. The molecule has 0 unspecified atom stereocenters. The van der Waals surface area contributed by atoms with Gasteiger partial charge >= 0.3 is 5.97 Å². The molecule has 0 aromatic rings. The standard InChI is InChI=1S/C21H32O3/c1-20-10-8-14(22)12-13(20)4-5-15-16-6-7-18(19(23)24-3)21(16,2)11-9-17(15)20/h13-14,17-18,22H,4-12H2,1-3H3/t13-,14-,17+,18-,20+,21+/m1/s1. The van der Waals surface area contributed by atoms with Gasteiger partial charge in [0.15, 0.2) is 0 Å². The highest BCUT2D eigenvalue weighted by molar-refractivity contribution is 5.75. The van der Waals surface area contributed by atoms with Crippen molar-refractivity contribution in [3.05, 3.63) is 11.1 Å². The van der Waals surface area contributed by atoms with Gasteiger partial charge in [-0.2, -0.15) is 0 Å². The molecule has 0 heterocycles. The topological polar surface area (TPSA) is 46.5 Å². The molecular weight excluding hydrogens is 300 g/mol.